The Labute approximate surface area is 160 Å². The number of hydrogen-bond acceptors (Lipinski definition) is 4. The first-order chi connectivity index (χ1) is 13.3. The zero-order valence-corrected chi connectivity index (χ0v) is 15.9. The number of halogens is 2. The van der Waals surface area contributed by atoms with Crippen molar-refractivity contribution in [1.82, 2.24) is 9.88 Å². The summed E-state index contributed by atoms with van der Waals surface area (Å²) in [5.41, 5.74) is -0.330. The van der Waals surface area contributed by atoms with Crippen LogP contribution in [0.2, 0.25) is 0 Å². The molecule has 0 radical (unpaired) electrons. The predicted molar refractivity (Wildman–Crippen MR) is 99.8 cm³/mol. The first-order valence-electron chi connectivity index (χ1n) is 8.71. The van der Waals surface area contributed by atoms with Crippen LogP contribution in [0.4, 0.5) is 25.1 Å². The second-order valence-corrected chi connectivity index (χ2v) is 6.98. The minimum absolute atomic E-state index is 0.0535. The number of amides is 2. The van der Waals surface area contributed by atoms with E-state index in [4.69, 9.17) is 9.47 Å². The number of H-pyrrole nitrogens is 1. The van der Waals surface area contributed by atoms with Gasteiger partial charge < -0.3 is 19.4 Å². The van der Waals surface area contributed by atoms with E-state index in [-0.39, 0.29) is 24.0 Å². The zero-order valence-electron chi connectivity index (χ0n) is 15.9. The average Bonchev–Trinajstić information content (AvgIpc) is 3.17. The number of aliphatic imine (C=N–C) groups is 1. The van der Waals surface area contributed by atoms with Crippen molar-refractivity contribution in [2.24, 2.45) is 10.9 Å². The van der Waals surface area contributed by atoms with E-state index in [9.17, 15) is 13.6 Å². The Morgan fingerprint density at radius 1 is 1.25 bits per heavy atom. The first kappa shape index (κ1) is 18.3. The Bertz CT molecular complexity index is 962. The van der Waals surface area contributed by atoms with Gasteiger partial charge in [-0.3, -0.25) is 4.90 Å². The van der Waals surface area contributed by atoms with E-state index in [1.807, 2.05) is 13.0 Å². The van der Waals surface area contributed by atoms with Gasteiger partial charge >= 0.3 is 6.03 Å². The number of methoxy groups -OCH3 is 2. The molecular weight excluding hydrogens is 370 g/mol. The van der Waals surface area contributed by atoms with Crippen molar-refractivity contribution in [2.45, 2.75) is 12.5 Å². The minimum atomic E-state index is -0.957. The number of anilines is 1. The lowest BCUT2D eigenvalue weighted by molar-refractivity contribution is 0.105. The van der Waals surface area contributed by atoms with Gasteiger partial charge in [0.05, 0.1) is 19.8 Å². The highest BCUT2D eigenvalue weighted by molar-refractivity contribution is 5.96. The number of carbonyl (C=O) groups is 1. The molecule has 1 fully saturated rings. The molecule has 2 aromatic rings. The fraction of sp³-hybridized carbons (Fsp3) is 0.368. The standard InChI is InChI=1S/C19H20F2N4O3/c1-19-10(8-23-17-11(19)5-6-22-17)9-25(18(26)24(19)2)16-14(20)12(27-3)7-13(28-4)15(16)21/h5-8,10,22H,9H2,1-4H3. The Kier molecular flexibility index (Phi) is 4.06. The summed E-state index contributed by atoms with van der Waals surface area (Å²) in [4.78, 5) is 23.2. The average molecular weight is 390 g/mol. The van der Waals surface area contributed by atoms with Crippen molar-refractivity contribution < 1.29 is 23.0 Å². The molecule has 1 N–H and O–H groups in total. The third-order valence-corrected chi connectivity index (χ3v) is 5.79. The van der Waals surface area contributed by atoms with Gasteiger partial charge in [-0.1, -0.05) is 0 Å². The molecule has 2 aliphatic rings. The van der Waals surface area contributed by atoms with Gasteiger partial charge in [-0.15, -0.1) is 0 Å². The van der Waals surface area contributed by atoms with Crippen LogP contribution in [-0.4, -0.2) is 49.9 Å². The van der Waals surface area contributed by atoms with E-state index in [1.54, 1.807) is 19.5 Å². The van der Waals surface area contributed by atoms with Gasteiger partial charge in [0.15, 0.2) is 23.1 Å². The summed E-state index contributed by atoms with van der Waals surface area (Å²) in [6.07, 6.45) is 3.47. The smallest absolute Gasteiger partial charge is 0.325 e. The van der Waals surface area contributed by atoms with E-state index in [2.05, 4.69) is 9.98 Å². The number of aromatic nitrogens is 1. The van der Waals surface area contributed by atoms with Gasteiger partial charge in [0.25, 0.3) is 0 Å². The Morgan fingerprint density at radius 3 is 2.50 bits per heavy atom. The van der Waals surface area contributed by atoms with Crippen LogP contribution >= 0.6 is 0 Å². The van der Waals surface area contributed by atoms with Crippen LogP contribution < -0.4 is 14.4 Å². The van der Waals surface area contributed by atoms with Crippen LogP contribution in [0.15, 0.2) is 23.3 Å². The van der Waals surface area contributed by atoms with Gasteiger partial charge in [-0.05, 0) is 13.0 Å². The molecule has 2 unspecified atom stereocenters. The number of nitrogens with one attached hydrogen (secondary N) is 1. The highest BCUT2D eigenvalue weighted by Crippen LogP contribution is 2.47. The highest BCUT2D eigenvalue weighted by atomic mass is 19.1. The van der Waals surface area contributed by atoms with E-state index in [0.29, 0.717) is 5.82 Å². The van der Waals surface area contributed by atoms with Gasteiger partial charge in [0.1, 0.15) is 11.5 Å². The molecule has 1 aromatic heterocycles. The summed E-state index contributed by atoms with van der Waals surface area (Å²) in [6.45, 7) is 1.97. The van der Waals surface area contributed by atoms with Gasteiger partial charge in [-0.25, -0.2) is 18.6 Å². The number of rotatable bonds is 3. The van der Waals surface area contributed by atoms with Gasteiger partial charge in [0.2, 0.25) is 0 Å². The second kappa shape index (κ2) is 6.22. The SMILES string of the molecule is COc1cc(OC)c(F)c(N2CC3C=Nc4[nH]ccc4C3(C)N(C)C2=O)c1F. The largest absolute Gasteiger partial charge is 0.493 e. The maximum absolute atomic E-state index is 15.0. The Balaban J connectivity index is 1.84. The van der Waals surface area contributed by atoms with Crippen molar-refractivity contribution in [3.8, 4) is 11.5 Å². The molecular formula is C19H20F2N4O3. The molecule has 3 heterocycles. The number of fused-ring (bicyclic) bond motifs is 3. The third kappa shape index (κ3) is 2.25. The number of aromatic amines is 1. The summed E-state index contributed by atoms with van der Waals surface area (Å²) in [7, 11) is 4.15. The van der Waals surface area contributed by atoms with Crippen molar-refractivity contribution in [3.63, 3.8) is 0 Å². The summed E-state index contributed by atoms with van der Waals surface area (Å²) < 4.78 is 39.9. The number of hydrogen-bond donors (Lipinski definition) is 1. The van der Waals surface area contributed by atoms with Crippen LogP contribution in [-0.2, 0) is 5.54 Å². The topological polar surface area (TPSA) is 70.2 Å². The molecule has 0 saturated carbocycles. The van der Waals surface area contributed by atoms with Crippen LogP contribution in [0.1, 0.15) is 12.5 Å². The van der Waals surface area contributed by atoms with Crippen molar-refractivity contribution >= 4 is 23.8 Å². The monoisotopic (exact) mass is 390 g/mol. The van der Waals surface area contributed by atoms with Crippen LogP contribution in [0.25, 0.3) is 0 Å². The molecule has 28 heavy (non-hydrogen) atoms. The molecule has 0 bridgehead atoms. The van der Waals surface area contributed by atoms with Crippen LogP contribution in [0.5, 0.6) is 11.5 Å². The highest BCUT2D eigenvalue weighted by Gasteiger charge is 2.51. The molecule has 9 heteroatoms. The fourth-order valence-electron chi connectivity index (χ4n) is 3.99. The summed E-state index contributed by atoms with van der Waals surface area (Å²) >= 11 is 0. The first-order valence-corrected chi connectivity index (χ1v) is 8.71. The molecule has 0 aliphatic carbocycles. The lowest BCUT2D eigenvalue weighted by Crippen LogP contribution is -2.63. The number of nitrogens with zero attached hydrogens (tertiary/aromatic N) is 3. The van der Waals surface area contributed by atoms with Crippen molar-refractivity contribution in [2.75, 3.05) is 32.7 Å². The zero-order chi connectivity index (χ0) is 20.2. The van der Waals surface area contributed by atoms with Crippen LogP contribution in [0.3, 0.4) is 0 Å². The van der Waals surface area contributed by atoms with E-state index >= 15 is 0 Å². The lowest BCUT2D eigenvalue weighted by atomic mass is 9.76. The van der Waals surface area contributed by atoms with Gasteiger partial charge in [-0.2, -0.15) is 0 Å². The van der Waals surface area contributed by atoms with E-state index in [1.165, 1.54) is 19.1 Å². The number of urea groups is 1. The Hall–Kier alpha value is -3.10. The van der Waals surface area contributed by atoms with Crippen LogP contribution in [0, 0.1) is 17.6 Å². The quantitative estimate of drug-likeness (QED) is 0.873. The fourth-order valence-corrected chi connectivity index (χ4v) is 3.99. The third-order valence-electron chi connectivity index (χ3n) is 5.79. The molecule has 4 rings (SSSR count). The molecule has 2 amide bonds. The molecule has 1 aromatic carbocycles. The molecule has 0 spiro atoms. The molecule has 2 aliphatic heterocycles. The predicted octanol–water partition coefficient (Wildman–Crippen LogP) is 3.43. The number of carbonyl (C=O) groups excluding carboxylic acids is 1. The molecule has 7 nitrogen and oxygen atoms in total. The van der Waals surface area contributed by atoms with E-state index < -0.39 is 28.9 Å². The molecule has 2 atom stereocenters. The Morgan fingerprint density at radius 2 is 1.89 bits per heavy atom. The number of benzene rings is 1. The normalized spacial score (nSPS) is 23.5. The van der Waals surface area contributed by atoms with E-state index in [0.717, 1.165) is 16.5 Å². The summed E-state index contributed by atoms with van der Waals surface area (Å²) in [5.74, 6) is -1.94. The molecule has 1 saturated heterocycles. The minimum Gasteiger partial charge on any atom is -0.493 e. The maximum Gasteiger partial charge on any atom is 0.325 e. The van der Waals surface area contributed by atoms with Crippen molar-refractivity contribution in [3.05, 3.63) is 35.5 Å². The summed E-state index contributed by atoms with van der Waals surface area (Å²) in [6, 6.07) is 2.45. The van der Waals surface area contributed by atoms with Crippen molar-refractivity contribution in [1.29, 1.82) is 0 Å². The summed E-state index contributed by atoms with van der Waals surface area (Å²) in [5, 5.41) is 0. The molecule has 148 valence electrons. The second-order valence-electron chi connectivity index (χ2n) is 6.98. The maximum atomic E-state index is 15.0. The number of ether oxygens (including phenoxy) is 2. The van der Waals surface area contributed by atoms with Gasteiger partial charge in [0, 0.05) is 43.6 Å². The lowest BCUT2D eigenvalue weighted by Gasteiger charge is -2.51.